The number of esters is 1. The maximum atomic E-state index is 12.3. The third-order valence-electron chi connectivity index (χ3n) is 4.79. The summed E-state index contributed by atoms with van der Waals surface area (Å²) in [6.07, 6.45) is 3.16. The van der Waals surface area contributed by atoms with Gasteiger partial charge in [-0.05, 0) is 56.0 Å². The Morgan fingerprint density at radius 3 is 2.48 bits per heavy atom. The van der Waals surface area contributed by atoms with Crippen LogP contribution in [0.2, 0.25) is 0 Å². The SMILES string of the molecule is CC1CCCCN1C(=O)COC(=O)c1ccc(COc2ccccc2)cc1. The van der Waals surface area contributed by atoms with E-state index in [2.05, 4.69) is 0 Å². The number of nitrogens with zero attached hydrogens (tertiary/aromatic N) is 1. The van der Waals surface area contributed by atoms with Crippen molar-refractivity contribution in [1.82, 2.24) is 4.90 Å². The monoisotopic (exact) mass is 367 g/mol. The Morgan fingerprint density at radius 1 is 1.04 bits per heavy atom. The minimum absolute atomic E-state index is 0.122. The lowest BCUT2D eigenvalue weighted by atomic mass is 10.0. The molecule has 5 heteroatoms. The van der Waals surface area contributed by atoms with E-state index in [4.69, 9.17) is 9.47 Å². The summed E-state index contributed by atoms with van der Waals surface area (Å²) in [4.78, 5) is 26.2. The molecule has 1 fully saturated rings. The van der Waals surface area contributed by atoms with Gasteiger partial charge in [0.1, 0.15) is 12.4 Å². The quantitative estimate of drug-likeness (QED) is 0.728. The molecule has 2 aromatic carbocycles. The van der Waals surface area contributed by atoms with Crippen molar-refractivity contribution in [1.29, 1.82) is 0 Å². The van der Waals surface area contributed by atoms with Gasteiger partial charge in [0.15, 0.2) is 6.61 Å². The number of piperidine rings is 1. The number of ether oxygens (including phenoxy) is 2. The van der Waals surface area contributed by atoms with Crippen LogP contribution >= 0.6 is 0 Å². The highest BCUT2D eigenvalue weighted by molar-refractivity contribution is 5.91. The average Bonchev–Trinajstić information content (AvgIpc) is 2.72. The van der Waals surface area contributed by atoms with Crippen molar-refractivity contribution < 1.29 is 19.1 Å². The van der Waals surface area contributed by atoms with E-state index in [1.165, 1.54) is 0 Å². The van der Waals surface area contributed by atoms with Crippen LogP contribution in [-0.4, -0.2) is 36.0 Å². The van der Waals surface area contributed by atoms with Crippen molar-refractivity contribution in [2.24, 2.45) is 0 Å². The molecule has 0 spiro atoms. The first kappa shape index (κ1) is 19.0. The molecule has 1 aliphatic rings. The molecule has 1 heterocycles. The molecule has 0 saturated carbocycles. The summed E-state index contributed by atoms with van der Waals surface area (Å²) in [5.74, 6) is 0.193. The molecule has 1 atom stereocenters. The summed E-state index contributed by atoms with van der Waals surface area (Å²) in [7, 11) is 0. The number of hydrogen-bond acceptors (Lipinski definition) is 4. The van der Waals surface area contributed by atoms with E-state index in [0.29, 0.717) is 12.2 Å². The second-order valence-electron chi connectivity index (χ2n) is 6.81. The van der Waals surface area contributed by atoms with Gasteiger partial charge < -0.3 is 14.4 Å². The fraction of sp³-hybridized carbons (Fsp3) is 0.364. The van der Waals surface area contributed by atoms with E-state index in [1.54, 1.807) is 17.0 Å². The second-order valence-corrected chi connectivity index (χ2v) is 6.81. The number of benzene rings is 2. The molecule has 1 amide bonds. The van der Waals surface area contributed by atoms with Crippen molar-refractivity contribution in [2.45, 2.75) is 38.8 Å². The standard InChI is InChI=1S/C22H25NO4/c1-17-7-5-6-14-23(17)21(24)16-27-22(25)19-12-10-18(11-13-19)15-26-20-8-3-2-4-9-20/h2-4,8-13,17H,5-7,14-16H2,1H3. The zero-order valence-corrected chi connectivity index (χ0v) is 15.6. The number of likely N-dealkylation sites (tertiary alicyclic amines) is 1. The highest BCUT2D eigenvalue weighted by Gasteiger charge is 2.24. The predicted octanol–water partition coefficient (Wildman–Crippen LogP) is 3.82. The van der Waals surface area contributed by atoms with Gasteiger partial charge in [-0.1, -0.05) is 30.3 Å². The number of hydrogen-bond donors (Lipinski definition) is 0. The van der Waals surface area contributed by atoms with Crippen molar-refractivity contribution >= 4 is 11.9 Å². The molecule has 1 aliphatic heterocycles. The van der Waals surface area contributed by atoms with Crippen LogP contribution in [0.1, 0.15) is 42.1 Å². The number of carbonyl (C=O) groups excluding carboxylic acids is 2. The summed E-state index contributed by atoms with van der Waals surface area (Å²) < 4.78 is 10.9. The Kier molecular flexibility index (Phi) is 6.47. The topological polar surface area (TPSA) is 55.8 Å². The molecule has 0 aliphatic carbocycles. The van der Waals surface area contributed by atoms with Gasteiger partial charge in [-0.15, -0.1) is 0 Å². The van der Waals surface area contributed by atoms with Crippen molar-refractivity contribution in [3.8, 4) is 5.75 Å². The first-order chi connectivity index (χ1) is 13.1. The lowest BCUT2D eigenvalue weighted by molar-refractivity contribution is -0.137. The third-order valence-corrected chi connectivity index (χ3v) is 4.79. The van der Waals surface area contributed by atoms with Crippen LogP contribution in [0.5, 0.6) is 5.75 Å². The molecule has 2 aromatic rings. The van der Waals surface area contributed by atoms with Gasteiger partial charge in [-0.2, -0.15) is 0 Å². The Bertz CT molecular complexity index is 758. The fourth-order valence-electron chi connectivity index (χ4n) is 3.18. The van der Waals surface area contributed by atoms with E-state index in [1.807, 2.05) is 49.4 Å². The molecular formula is C22H25NO4. The van der Waals surface area contributed by atoms with Gasteiger partial charge in [0, 0.05) is 12.6 Å². The van der Waals surface area contributed by atoms with Crippen LogP contribution in [0.4, 0.5) is 0 Å². The largest absolute Gasteiger partial charge is 0.489 e. The van der Waals surface area contributed by atoms with Crippen molar-refractivity contribution in [3.05, 3.63) is 65.7 Å². The van der Waals surface area contributed by atoms with Crippen LogP contribution in [-0.2, 0) is 16.1 Å². The molecule has 0 aromatic heterocycles. The van der Waals surface area contributed by atoms with E-state index in [9.17, 15) is 9.59 Å². The van der Waals surface area contributed by atoms with Gasteiger partial charge in [-0.3, -0.25) is 4.79 Å². The van der Waals surface area contributed by atoms with Gasteiger partial charge in [0.25, 0.3) is 5.91 Å². The van der Waals surface area contributed by atoms with E-state index in [-0.39, 0.29) is 18.6 Å². The lowest BCUT2D eigenvalue weighted by Crippen LogP contribution is -2.44. The molecular weight excluding hydrogens is 342 g/mol. The van der Waals surface area contributed by atoms with Gasteiger partial charge in [-0.25, -0.2) is 4.79 Å². The first-order valence-corrected chi connectivity index (χ1v) is 9.37. The highest BCUT2D eigenvalue weighted by Crippen LogP contribution is 2.17. The average molecular weight is 367 g/mol. The van der Waals surface area contributed by atoms with Crippen LogP contribution in [0.3, 0.4) is 0 Å². The maximum Gasteiger partial charge on any atom is 0.338 e. The predicted molar refractivity (Wildman–Crippen MR) is 103 cm³/mol. The van der Waals surface area contributed by atoms with E-state index < -0.39 is 5.97 Å². The third kappa shape index (κ3) is 5.33. The Balaban J connectivity index is 1.47. The molecule has 3 rings (SSSR count). The number of para-hydroxylation sites is 1. The normalized spacial score (nSPS) is 16.6. The smallest absolute Gasteiger partial charge is 0.338 e. The molecule has 1 unspecified atom stereocenters. The molecule has 5 nitrogen and oxygen atoms in total. The Morgan fingerprint density at radius 2 is 1.78 bits per heavy atom. The van der Waals surface area contributed by atoms with Gasteiger partial charge >= 0.3 is 5.97 Å². The molecule has 0 N–H and O–H groups in total. The summed E-state index contributed by atoms with van der Waals surface area (Å²) in [5, 5.41) is 0. The molecule has 0 bridgehead atoms. The fourth-order valence-corrected chi connectivity index (χ4v) is 3.18. The van der Waals surface area contributed by atoms with Crippen molar-refractivity contribution in [3.63, 3.8) is 0 Å². The highest BCUT2D eigenvalue weighted by atomic mass is 16.5. The zero-order chi connectivity index (χ0) is 19.1. The number of carbonyl (C=O) groups is 2. The van der Waals surface area contributed by atoms with Gasteiger partial charge in [0.05, 0.1) is 5.56 Å². The minimum atomic E-state index is -0.483. The Labute approximate surface area is 159 Å². The molecule has 0 radical (unpaired) electrons. The van der Waals surface area contributed by atoms with Crippen LogP contribution in [0.15, 0.2) is 54.6 Å². The minimum Gasteiger partial charge on any atom is -0.489 e. The summed E-state index contributed by atoms with van der Waals surface area (Å²) in [6.45, 7) is 3.00. The molecule has 142 valence electrons. The van der Waals surface area contributed by atoms with Crippen molar-refractivity contribution in [2.75, 3.05) is 13.2 Å². The van der Waals surface area contributed by atoms with Crippen LogP contribution in [0, 0.1) is 0 Å². The van der Waals surface area contributed by atoms with E-state index in [0.717, 1.165) is 37.1 Å². The Hall–Kier alpha value is -2.82. The first-order valence-electron chi connectivity index (χ1n) is 9.37. The number of rotatable bonds is 6. The summed E-state index contributed by atoms with van der Waals surface area (Å²) in [6, 6.07) is 16.8. The molecule has 27 heavy (non-hydrogen) atoms. The zero-order valence-electron chi connectivity index (χ0n) is 15.6. The van der Waals surface area contributed by atoms with Gasteiger partial charge in [0.2, 0.25) is 0 Å². The summed E-state index contributed by atoms with van der Waals surface area (Å²) >= 11 is 0. The van der Waals surface area contributed by atoms with Crippen LogP contribution < -0.4 is 4.74 Å². The second kappa shape index (κ2) is 9.21. The molecule has 1 saturated heterocycles. The lowest BCUT2D eigenvalue weighted by Gasteiger charge is -2.33. The number of amides is 1. The van der Waals surface area contributed by atoms with Crippen LogP contribution in [0.25, 0.3) is 0 Å². The maximum absolute atomic E-state index is 12.3. The summed E-state index contributed by atoms with van der Waals surface area (Å²) in [5.41, 5.74) is 1.38. The van der Waals surface area contributed by atoms with E-state index >= 15 is 0 Å².